The van der Waals surface area contributed by atoms with E-state index in [1.54, 1.807) is 6.07 Å². The lowest BCUT2D eigenvalue weighted by molar-refractivity contribution is 0.266. The molecule has 1 aromatic rings. The van der Waals surface area contributed by atoms with Gasteiger partial charge in [-0.15, -0.1) is 10.2 Å². The maximum atomic E-state index is 5.68. The fraction of sp³-hybridized carbons (Fsp3) is 0.667. The summed E-state index contributed by atoms with van der Waals surface area (Å²) in [5.74, 6) is 1.51. The molecule has 0 amide bonds. The molecule has 0 bridgehead atoms. The minimum Gasteiger partial charge on any atom is -0.368 e. The number of hydrogen-bond donors (Lipinski definition) is 1. The van der Waals surface area contributed by atoms with Crippen molar-refractivity contribution >= 4 is 17.4 Å². The molecular formula is C12H19ClN4. The highest BCUT2D eigenvalue weighted by molar-refractivity contribution is 6.29. The lowest BCUT2D eigenvalue weighted by Crippen LogP contribution is -2.29. The van der Waals surface area contributed by atoms with E-state index >= 15 is 0 Å². The minimum atomic E-state index is 0.433. The molecule has 1 aliphatic heterocycles. The summed E-state index contributed by atoms with van der Waals surface area (Å²) < 4.78 is 0. The molecule has 2 heterocycles. The number of nitrogens with zero attached hydrogens (tertiary/aromatic N) is 3. The number of rotatable bonds is 4. The Hall–Kier alpha value is -0.870. The lowest BCUT2D eigenvalue weighted by atomic mass is 10.1. The van der Waals surface area contributed by atoms with Crippen molar-refractivity contribution in [3.8, 4) is 0 Å². The number of halogens is 1. The third-order valence-corrected chi connectivity index (χ3v) is 3.45. The molecule has 1 N–H and O–H groups in total. The predicted octanol–water partition coefficient (Wildman–Crippen LogP) is 2.27. The Labute approximate surface area is 107 Å². The smallest absolute Gasteiger partial charge is 0.151 e. The summed E-state index contributed by atoms with van der Waals surface area (Å²) in [5, 5.41) is 11.5. The van der Waals surface area contributed by atoms with Crippen molar-refractivity contribution in [2.75, 3.05) is 25.0 Å². The first-order valence-electron chi connectivity index (χ1n) is 6.12. The van der Waals surface area contributed by atoms with Gasteiger partial charge in [-0.25, -0.2) is 0 Å². The minimum absolute atomic E-state index is 0.433. The second-order valence-electron chi connectivity index (χ2n) is 4.87. The average Bonchev–Trinajstić information content (AvgIpc) is 2.77. The third-order valence-electron chi connectivity index (χ3n) is 3.25. The van der Waals surface area contributed by atoms with Crippen molar-refractivity contribution < 1.29 is 0 Å². The van der Waals surface area contributed by atoms with E-state index in [0.29, 0.717) is 17.1 Å². The quantitative estimate of drug-likeness (QED) is 0.895. The Kier molecular flexibility index (Phi) is 4.18. The van der Waals surface area contributed by atoms with Crippen LogP contribution in [-0.4, -0.2) is 40.8 Å². The molecule has 1 saturated heterocycles. The van der Waals surface area contributed by atoms with E-state index < -0.39 is 0 Å². The van der Waals surface area contributed by atoms with Gasteiger partial charge in [0.15, 0.2) is 5.15 Å². The molecule has 1 fully saturated rings. The van der Waals surface area contributed by atoms with Gasteiger partial charge in [-0.1, -0.05) is 11.6 Å². The number of nitrogens with one attached hydrogen (secondary N) is 1. The van der Waals surface area contributed by atoms with E-state index in [-0.39, 0.29) is 0 Å². The van der Waals surface area contributed by atoms with E-state index in [2.05, 4.69) is 34.3 Å². The maximum absolute atomic E-state index is 5.68. The molecule has 0 radical (unpaired) electrons. The number of anilines is 1. The molecule has 0 spiro atoms. The number of likely N-dealkylation sites (tertiary alicyclic amines) is 1. The zero-order valence-corrected chi connectivity index (χ0v) is 11.1. The van der Waals surface area contributed by atoms with Crippen molar-refractivity contribution in [3.05, 3.63) is 17.3 Å². The van der Waals surface area contributed by atoms with Gasteiger partial charge < -0.3 is 10.2 Å². The first-order valence-corrected chi connectivity index (χ1v) is 6.50. The Morgan fingerprint density at radius 1 is 1.47 bits per heavy atom. The largest absolute Gasteiger partial charge is 0.368 e. The van der Waals surface area contributed by atoms with Gasteiger partial charge >= 0.3 is 0 Å². The second-order valence-corrected chi connectivity index (χ2v) is 5.25. The van der Waals surface area contributed by atoms with Crippen LogP contribution in [0.5, 0.6) is 0 Å². The van der Waals surface area contributed by atoms with Gasteiger partial charge in [-0.05, 0) is 44.9 Å². The average molecular weight is 255 g/mol. The lowest BCUT2D eigenvalue weighted by Gasteiger charge is -2.20. The van der Waals surface area contributed by atoms with Gasteiger partial charge in [-0.2, -0.15) is 0 Å². The van der Waals surface area contributed by atoms with E-state index in [4.69, 9.17) is 11.6 Å². The Morgan fingerprint density at radius 2 is 2.29 bits per heavy atom. The number of aromatic nitrogens is 2. The van der Waals surface area contributed by atoms with Gasteiger partial charge in [0.25, 0.3) is 0 Å². The van der Waals surface area contributed by atoms with Gasteiger partial charge in [0.05, 0.1) is 0 Å². The normalized spacial score (nSPS) is 21.1. The zero-order chi connectivity index (χ0) is 12.3. The van der Waals surface area contributed by atoms with Crippen molar-refractivity contribution in [1.82, 2.24) is 15.1 Å². The summed E-state index contributed by atoms with van der Waals surface area (Å²) in [5.41, 5.74) is 0. The Bertz CT molecular complexity index is 352. The van der Waals surface area contributed by atoms with Gasteiger partial charge in [0.1, 0.15) is 5.82 Å². The summed E-state index contributed by atoms with van der Waals surface area (Å²) in [4.78, 5) is 2.51. The van der Waals surface area contributed by atoms with E-state index in [1.165, 1.54) is 19.5 Å². The summed E-state index contributed by atoms with van der Waals surface area (Å²) in [6.07, 6.45) is 1.26. The molecule has 5 heteroatoms. The van der Waals surface area contributed by atoms with Crippen LogP contribution in [0, 0.1) is 5.92 Å². The van der Waals surface area contributed by atoms with E-state index in [1.807, 2.05) is 6.07 Å². The van der Waals surface area contributed by atoms with Gasteiger partial charge in [0.2, 0.25) is 0 Å². The predicted molar refractivity (Wildman–Crippen MR) is 70.3 cm³/mol. The molecule has 2 rings (SSSR count). The molecule has 0 saturated carbocycles. The third kappa shape index (κ3) is 3.54. The van der Waals surface area contributed by atoms with Crippen LogP contribution in [0.2, 0.25) is 5.15 Å². The molecule has 4 nitrogen and oxygen atoms in total. The van der Waals surface area contributed by atoms with Gasteiger partial charge in [0, 0.05) is 19.1 Å². The highest BCUT2D eigenvalue weighted by Gasteiger charge is 2.23. The van der Waals surface area contributed by atoms with Crippen LogP contribution in [-0.2, 0) is 0 Å². The van der Waals surface area contributed by atoms with Crippen LogP contribution < -0.4 is 5.32 Å². The van der Waals surface area contributed by atoms with Crippen molar-refractivity contribution in [3.63, 3.8) is 0 Å². The molecule has 1 aromatic heterocycles. The molecule has 17 heavy (non-hydrogen) atoms. The van der Waals surface area contributed by atoms with E-state index in [0.717, 1.165) is 12.4 Å². The van der Waals surface area contributed by atoms with Crippen LogP contribution in [0.3, 0.4) is 0 Å². The second kappa shape index (κ2) is 5.65. The van der Waals surface area contributed by atoms with Crippen LogP contribution >= 0.6 is 11.6 Å². The van der Waals surface area contributed by atoms with Crippen molar-refractivity contribution in [2.45, 2.75) is 26.3 Å². The maximum Gasteiger partial charge on any atom is 0.151 e. The van der Waals surface area contributed by atoms with Crippen molar-refractivity contribution in [2.24, 2.45) is 5.92 Å². The zero-order valence-electron chi connectivity index (χ0n) is 10.4. The summed E-state index contributed by atoms with van der Waals surface area (Å²) in [6.45, 7) is 7.84. The molecule has 0 aromatic carbocycles. The first kappa shape index (κ1) is 12.6. The molecule has 0 aliphatic carbocycles. The number of hydrogen-bond acceptors (Lipinski definition) is 4. The highest BCUT2D eigenvalue weighted by Crippen LogP contribution is 2.18. The van der Waals surface area contributed by atoms with Crippen molar-refractivity contribution in [1.29, 1.82) is 0 Å². The van der Waals surface area contributed by atoms with Gasteiger partial charge in [-0.3, -0.25) is 0 Å². The SMILES string of the molecule is CC(C)N1CCC(CNc2ccc(Cl)nn2)C1. The summed E-state index contributed by atoms with van der Waals surface area (Å²) in [7, 11) is 0. The van der Waals surface area contributed by atoms with Crippen LogP contribution in [0.25, 0.3) is 0 Å². The molecule has 1 unspecified atom stereocenters. The standard InChI is InChI=1S/C12H19ClN4/c1-9(2)17-6-5-10(8-17)7-14-12-4-3-11(13)15-16-12/h3-4,9-10H,5-8H2,1-2H3,(H,14,16). The molecule has 1 aliphatic rings. The fourth-order valence-electron chi connectivity index (χ4n) is 2.16. The summed E-state index contributed by atoms with van der Waals surface area (Å²) >= 11 is 5.68. The van der Waals surface area contributed by atoms with Crippen LogP contribution in [0.4, 0.5) is 5.82 Å². The monoisotopic (exact) mass is 254 g/mol. The Balaban J connectivity index is 1.78. The molecule has 1 atom stereocenters. The van der Waals surface area contributed by atoms with Crippen LogP contribution in [0.15, 0.2) is 12.1 Å². The van der Waals surface area contributed by atoms with E-state index in [9.17, 15) is 0 Å². The molecular weight excluding hydrogens is 236 g/mol. The topological polar surface area (TPSA) is 41.0 Å². The molecule has 94 valence electrons. The summed E-state index contributed by atoms with van der Waals surface area (Å²) in [6, 6.07) is 4.27. The van der Waals surface area contributed by atoms with Crippen LogP contribution in [0.1, 0.15) is 20.3 Å². The fourth-order valence-corrected chi connectivity index (χ4v) is 2.26. The highest BCUT2D eigenvalue weighted by atomic mass is 35.5. The Morgan fingerprint density at radius 3 is 2.88 bits per heavy atom. The first-order chi connectivity index (χ1) is 8.15.